The average molecular weight is 483 g/mol. The largest absolute Gasteiger partial charge is 0.449 e. The van der Waals surface area contributed by atoms with Crippen molar-refractivity contribution in [1.29, 1.82) is 0 Å². The van der Waals surface area contributed by atoms with Crippen molar-refractivity contribution in [3.8, 4) is 0 Å². The van der Waals surface area contributed by atoms with Gasteiger partial charge < -0.3 is 8.94 Å². The molecule has 1 atom stereocenters. The van der Waals surface area contributed by atoms with E-state index in [4.69, 9.17) is 32.1 Å². The Morgan fingerprint density at radius 2 is 1.73 bits per heavy atom. The quantitative estimate of drug-likeness (QED) is 0.328. The number of aromatic nitrogens is 1. The Morgan fingerprint density at radius 3 is 2.33 bits per heavy atom. The van der Waals surface area contributed by atoms with E-state index in [-0.39, 0.29) is 38.2 Å². The minimum absolute atomic E-state index is 0.0480. The molecule has 0 saturated carbocycles. The van der Waals surface area contributed by atoms with Gasteiger partial charge in [-0.15, -0.1) is 0 Å². The average Bonchev–Trinajstić information content (AvgIpc) is 3.29. The number of carbonyl (C=O) groups is 1. The molecule has 6 nitrogen and oxygen atoms in total. The molecule has 8 heteroatoms. The third kappa shape index (κ3) is 3.45. The summed E-state index contributed by atoms with van der Waals surface area (Å²) in [5, 5.41) is 4.71. The van der Waals surface area contributed by atoms with E-state index in [2.05, 4.69) is 25.9 Å². The summed E-state index contributed by atoms with van der Waals surface area (Å²) in [6, 6.07) is 11.7. The first-order valence-corrected chi connectivity index (χ1v) is 11.1. The fourth-order valence-corrected chi connectivity index (χ4v) is 4.72. The normalized spacial score (nSPS) is 16.0. The third-order valence-electron chi connectivity index (χ3n) is 5.85. The lowest BCUT2D eigenvalue weighted by Crippen LogP contribution is -2.29. The molecular formula is C25H20Cl2N2O4. The highest BCUT2D eigenvalue weighted by Gasteiger charge is 2.45. The van der Waals surface area contributed by atoms with E-state index in [1.165, 1.54) is 17.0 Å². The molecule has 0 N–H and O–H groups in total. The molecule has 0 fully saturated rings. The van der Waals surface area contributed by atoms with Crippen molar-refractivity contribution in [3.63, 3.8) is 0 Å². The zero-order valence-corrected chi connectivity index (χ0v) is 19.9. The topological polar surface area (TPSA) is 76.6 Å². The summed E-state index contributed by atoms with van der Waals surface area (Å²) in [7, 11) is 0. The molecule has 0 bridgehead atoms. The van der Waals surface area contributed by atoms with E-state index < -0.39 is 11.9 Å². The van der Waals surface area contributed by atoms with Crippen LogP contribution in [0.1, 0.15) is 59.8 Å². The molecule has 168 valence electrons. The number of nitrogens with zero attached hydrogens (tertiary/aromatic N) is 2. The van der Waals surface area contributed by atoms with Gasteiger partial charge in [-0.2, -0.15) is 0 Å². The molecule has 1 aliphatic rings. The summed E-state index contributed by atoms with van der Waals surface area (Å²) in [5.41, 5.74) is 1.80. The van der Waals surface area contributed by atoms with Gasteiger partial charge in [-0.3, -0.25) is 14.5 Å². The van der Waals surface area contributed by atoms with Crippen LogP contribution in [-0.4, -0.2) is 11.1 Å². The number of carbonyl (C=O) groups excluding carboxylic acids is 1. The van der Waals surface area contributed by atoms with Crippen molar-refractivity contribution in [2.75, 3.05) is 4.90 Å². The summed E-state index contributed by atoms with van der Waals surface area (Å²) in [5.74, 6) is 0.270. The second-order valence-electron chi connectivity index (χ2n) is 9.18. The lowest BCUT2D eigenvalue weighted by molar-refractivity contribution is 0.0969. The minimum Gasteiger partial charge on any atom is -0.449 e. The van der Waals surface area contributed by atoms with Gasteiger partial charge >= 0.3 is 0 Å². The number of benzene rings is 2. The number of hydrogen-bond acceptors (Lipinski definition) is 5. The third-order valence-corrected chi connectivity index (χ3v) is 6.34. The van der Waals surface area contributed by atoms with Gasteiger partial charge in [-0.05, 0) is 35.6 Å². The van der Waals surface area contributed by atoms with E-state index in [0.29, 0.717) is 16.6 Å². The Kier molecular flexibility index (Phi) is 4.92. The van der Waals surface area contributed by atoms with Crippen LogP contribution in [0.25, 0.3) is 11.0 Å². The predicted molar refractivity (Wildman–Crippen MR) is 128 cm³/mol. The Labute approximate surface area is 199 Å². The molecule has 0 aliphatic carbocycles. The van der Waals surface area contributed by atoms with Gasteiger partial charge in [-0.1, -0.05) is 73.4 Å². The smallest absolute Gasteiger partial charge is 0.296 e. The van der Waals surface area contributed by atoms with E-state index in [9.17, 15) is 9.59 Å². The molecule has 33 heavy (non-hydrogen) atoms. The molecule has 5 rings (SSSR count). The van der Waals surface area contributed by atoms with Crippen LogP contribution in [-0.2, 0) is 5.41 Å². The van der Waals surface area contributed by atoms with Gasteiger partial charge in [-0.25, -0.2) is 0 Å². The number of halogens is 2. The fraction of sp³-hybridized carbons (Fsp3) is 0.240. The van der Waals surface area contributed by atoms with Crippen LogP contribution in [0.3, 0.4) is 0 Å². The van der Waals surface area contributed by atoms with E-state index in [1.54, 1.807) is 13.0 Å². The maximum Gasteiger partial charge on any atom is 0.296 e. The number of amides is 1. The number of rotatable bonds is 2. The highest BCUT2D eigenvalue weighted by atomic mass is 35.5. The number of aryl methyl sites for hydroxylation is 1. The van der Waals surface area contributed by atoms with E-state index in [1.807, 2.05) is 24.3 Å². The van der Waals surface area contributed by atoms with Gasteiger partial charge in [0.1, 0.15) is 5.76 Å². The van der Waals surface area contributed by atoms with Crippen molar-refractivity contribution >= 4 is 45.9 Å². The Bertz CT molecular complexity index is 1480. The van der Waals surface area contributed by atoms with Crippen LogP contribution < -0.4 is 10.3 Å². The number of fused-ring (bicyclic) bond motifs is 2. The van der Waals surface area contributed by atoms with Crippen molar-refractivity contribution in [3.05, 3.63) is 90.9 Å². The van der Waals surface area contributed by atoms with Crippen LogP contribution in [0.5, 0.6) is 0 Å². The summed E-state index contributed by atoms with van der Waals surface area (Å²) in [6.07, 6.45) is 0. The summed E-state index contributed by atoms with van der Waals surface area (Å²) in [6.45, 7) is 8.09. The Hall–Kier alpha value is -3.09. The van der Waals surface area contributed by atoms with Crippen molar-refractivity contribution in [2.45, 2.75) is 39.2 Å². The van der Waals surface area contributed by atoms with Crippen LogP contribution in [0.15, 0.2) is 56.2 Å². The summed E-state index contributed by atoms with van der Waals surface area (Å²) >= 11 is 12.4. The fourth-order valence-electron chi connectivity index (χ4n) is 4.19. The zero-order chi connectivity index (χ0) is 23.7. The molecule has 2 aromatic heterocycles. The van der Waals surface area contributed by atoms with Crippen LogP contribution >= 0.6 is 23.2 Å². The number of hydrogen-bond donors (Lipinski definition) is 0. The summed E-state index contributed by atoms with van der Waals surface area (Å²) in [4.78, 5) is 28.6. The van der Waals surface area contributed by atoms with E-state index >= 15 is 0 Å². The first kappa shape index (κ1) is 21.7. The highest BCUT2D eigenvalue weighted by Crippen LogP contribution is 2.42. The summed E-state index contributed by atoms with van der Waals surface area (Å²) < 4.78 is 11.2. The SMILES string of the molecule is Cc1cc(N2C(=O)c3oc4c(Cl)cc(Cl)cc4c(=O)c3[C@H]2c2ccc(C(C)(C)C)cc2)no1. The monoisotopic (exact) mass is 482 g/mol. The molecule has 1 aliphatic heterocycles. The van der Waals surface area contributed by atoms with Crippen LogP contribution in [0.4, 0.5) is 5.82 Å². The molecule has 2 aromatic carbocycles. The lowest BCUT2D eigenvalue weighted by atomic mass is 9.86. The van der Waals surface area contributed by atoms with E-state index in [0.717, 1.165) is 11.1 Å². The molecule has 0 radical (unpaired) electrons. The van der Waals surface area contributed by atoms with Gasteiger partial charge in [0, 0.05) is 11.1 Å². The van der Waals surface area contributed by atoms with Gasteiger partial charge in [0.15, 0.2) is 16.8 Å². The zero-order valence-electron chi connectivity index (χ0n) is 18.4. The molecule has 0 saturated heterocycles. The molecule has 1 amide bonds. The Balaban J connectivity index is 1.79. The molecule has 4 aromatic rings. The van der Waals surface area contributed by atoms with Gasteiger partial charge in [0.2, 0.25) is 5.76 Å². The molecular weight excluding hydrogens is 463 g/mol. The molecule has 3 heterocycles. The first-order chi connectivity index (χ1) is 15.6. The minimum atomic E-state index is -0.746. The predicted octanol–water partition coefficient (Wildman–Crippen LogP) is 6.44. The molecule has 0 unspecified atom stereocenters. The first-order valence-electron chi connectivity index (χ1n) is 10.4. The van der Waals surface area contributed by atoms with Crippen molar-refractivity contribution in [1.82, 2.24) is 5.16 Å². The van der Waals surface area contributed by atoms with Crippen LogP contribution in [0.2, 0.25) is 10.0 Å². The maximum absolute atomic E-state index is 13.7. The Morgan fingerprint density at radius 1 is 1.03 bits per heavy atom. The number of anilines is 1. The van der Waals surface area contributed by atoms with Crippen LogP contribution in [0, 0.1) is 6.92 Å². The van der Waals surface area contributed by atoms with Gasteiger partial charge in [0.05, 0.1) is 22.0 Å². The van der Waals surface area contributed by atoms with Crippen molar-refractivity contribution in [2.24, 2.45) is 0 Å². The van der Waals surface area contributed by atoms with Gasteiger partial charge in [0.25, 0.3) is 5.91 Å². The molecule has 0 spiro atoms. The lowest BCUT2D eigenvalue weighted by Gasteiger charge is -2.24. The van der Waals surface area contributed by atoms with Crippen molar-refractivity contribution < 1.29 is 13.7 Å². The second kappa shape index (κ2) is 7.47. The highest BCUT2D eigenvalue weighted by molar-refractivity contribution is 6.38. The second-order valence-corrected chi connectivity index (χ2v) is 10.0. The standard InChI is InChI=1S/C25H20Cl2N2O4/c1-12-9-18(28-33-12)29-20(13-5-7-14(8-6-13)25(2,3)4)19-21(30)16-10-15(26)11-17(27)22(16)32-23(19)24(29)31/h5-11,20H,1-4H3/t20-/m1/s1. The maximum atomic E-state index is 13.7.